The summed E-state index contributed by atoms with van der Waals surface area (Å²) in [5.41, 5.74) is 13.4. The second-order valence-corrected chi connectivity index (χ2v) is 9.49. The Hall–Kier alpha value is -4.43. The number of fused-ring (bicyclic) bond motifs is 3. The molecule has 36 heavy (non-hydrogen) atoms. The van der Waals surface area contributed by atoms with Gasteiger partial charge in [-0.15, -0.1) is 10.2 Å². The third-order valence-electron chi connectivity index (χ3n) is 7.27. The zero-order chi connectivity index (χ0) is 24.1. The van der Waals surface area contributed by atoms with Crippen molar-refractivity contribution in [1.29, 1.82) is 0 Å². The number of hydrogen-bond donors (Lipinski definition) is 1. The molecular formula is C28H24N8. The van der Waals surface area contributed by atoms with E-state index in [1.165, 1.54) is 18.3 Å². The van der Waals surface area contributed by atoms with Crippen molar-refractivity contribution in [3.05, 3.63) is 97.0 Å². The second-order valence-electron chi connectivity index (χ2n) is 9.49. The number of rotatable bonds is 5. The smallest absolute Gasteiger partial charge is 0.170 e. The molecule has 0 amide bonds. The summed E-state index contributed by atoms with van der Waals surface area (Å²) < 4.78 is 3.73. The summed E-state index contributed by atoms with van der Waals surface area (Å²) >= 11 is 0. The van der Waals surface area contributed by atoms with Gasteiger partial charge in [0.05, 0.1) is 11.2 Å². The Bertz CT molecular complexity index is 1680. The minimum Gasteiger partial charge on any atom is -0.321 e. The van der Waals surface area contributed by atoms with Gasteiger partial charge in [-0.3, -0.25) is 4.40 Å². The fraction of sp³-hybridized carbons (Fsp3) is 0.179. The van der Waals surface area contributed by atoms with Crippen molar-refractivity contribution < 1.29 is 0 Å². The first-order valence-electron chi connectivity index (χ1n) is 12.1. The summed E-state index contributed by atoms with van der Waals surface area (Å²) in [5, 5.41) is 14.1. The Morgan fingerprint density at radius 2 is 1.75 bits per heavy atom. The molecule has 1 aliphatic carbocycles. The van der Waals surface area contributed by atoms with Crippen LogP contribution < -0.4 is 5.73 Å². The van der Waals surface area contributed by atoms with Crippen molar-refractivity contribution in [3.8, 4) is 22.4 Å². The van der Waals surface area contributed by atoms with Crippen molar-refractivity contribution in [1.82, 2.24) is 34.3 Å². The predicted octanol–water partition coefficient (Wildman–Crippen LogP) is 4.59. The molecule has 2 aromatic carbocycles. The summed E-state index contributed by atoms with van der Waals surface area (Å²) in [6.07, 6.45) is 8.45. The van der Waals surface area contributed by atoms with Crippen LogP contribution >= 0.6 is 0 Å². The van der Waals surface area contributed by atoms with Crippen molar-refractivity contribution in [3.63, 3.8) is 0 Å². The quantitative estimate of drug-likeness (QED) is 0.394. The molecule has 0 bridgehead atoms. The predicted molar refractivity (Wildman–Crippen MR) is 138 cm³/mol. The van der Waals surface area contributed by atoms with Gasteiger partial charge in [-0.25, -0.2) is 14.6 Å². The number of nitrogens with two attached hydrogens (primary N) is 1. The topological polar surface area (TPSA) is 99.8 Å². The molecule has 1 saturated carbocycles. The third-order valence-corrected chi connectivity index (χ3v) is 7.27. The fourth-order valence-electron chi connectivity index (χ4n) is 5.07. The first-order valence-corrected chi connectivity index (χ1v) is 12.1. The molecule has 0 saturated heterocycles. The number of pyridine rings is 2. The minimum atomic E-state index is -0.180. The van der Waals surface area contributed by atoms with Crippen LogP contribution in [0.2, 0.25) is 0 Å². The highest BCUT2D eigenvalue weighted by Crippen LogP contribution is 2.40. The van der Waals surface area contributed by atoms with Gasteiger partial charge in [0.15, 0.2) is 11.5 Å². The number of nitrogens with zero attached hydrogens (tertiary/aromatic N) is 7. The van der Waals surface area contributed by atoms with E-state index in [1.54, 1.807) is 11.0 Å². The molecule has 0 aliphatic heterocycles. The normalized spacial score (nSPS) is 14.8. The average Bonchev–Trinajstić information content (AvgIpc) is 3.58. The van der Waals surface area contributed by atoms with Gasteiger partial charge in [0.1, 0.15) is 19.2 Å². The Kier molecular flexibility index (Phi) is 4.68. The van der Waals surface area contributed by atoms with Crippen LogP contribution in [0.1, 0.15) is 30.7 Å². The molecule has 7 rings (SSSR count). The lowest BCUT2D eigenvalue weighted by Gasteiger charge is -2.38. The van der Waals surface area contributed by atoms with Crippen LogP contribution in [0.15, 0.2) is 85.6 Å². The van der Waals surface area contributed by atoms with E-state index in [2.05, 4.69) is 74.9 Å². The Balaban J connectivity index is 1.39. The minimum absolute atomic E-state index is 0.180. The van der Waals surface area contributed by atoms with E-state index in [0.29, 0.717) is 6.54 Å². The Morgan fingerprint density at radius 3 is 2.47 bits per heavy atom. The number of hydrogen-bond acceptors (Lipinski definition) is 6. The summed E-state index contributed by atoms with van der Waals surface area (Å²) in [4.78, 5) is 9.16. The van der Waals surface area contributed by atoms with Crippen LogP contribution in [-0.2, 0) is 12.1 Å². The standard InChI is InChI=1S/C28H24N8/c29-28(12-4-13-28)21-9-7-20(8-10-21)26-22(19-5-2-1-3-6-19)15-23-24(32-26)11-14-36-25(33-34-27(23)36)16-35-18-30-17-31-35/h1-3,5-11,14-15,17-18H,4,12-13,16,29H2. The third kappa shape index (κ3) is 3.37. The lowest BCUT2D eigenvalue weighted by Crippen LogP contribution is -2.43. The Morgan fingerprint density at radius 1 is 0.917 bits per heavy atom. The van der Waals surface area contributed by atoms with Crippen LogP contribution in [0.25, 0.3) is 38.9 Å². The van der Waals surface area contributed by atoms with Crippen molar-refractivity contribution in [2.75, 3.05) is 0 Å². The molecule has 0 spiro atoms. The maximum absolute atomic E-state index is 6.57. The molecule has 2 N–H and O–H groups in total. The van der Waals surface area contributed by atoms with E-state index in [9.17, 15) is 0 Å². The molecule has 0 radical (unpaired) electrons. The highest BCUT2D eigenvalue weighted by atomic mass is 15.3. The van der Waals surface area contributed by atoms with Crippen molar-refractivity contribution in [2.45, 2.75) is 31.3 Å². The number of aromatic nitrogens is 7. The molecule has 8 nitrogen and oxygen atoms in total. The summed E-state index contributed by atoms with van der Waals surface area (Å²) in [6.45, 7) is 0.485. The van der Waals surface area contributed by atoms with Crippen molar-refractivity contribution in [2.24, 2.45) is 5.73 Å². The van der Waals surface area contributed by atoms with Gasteiger partial charge in [-0.1, -0.05) is 54.6 Å². The maximum Gasteiger partial charge on any atom is 0.170 e. The van der Waals surface area contributed by atoms with Gasteiger partial charge < -0.3 is 5.73 Å². The van der Waals surface area contributed by atoms with Gasteiger partial charge in [0.2, 0.25) is 0 Å². The highest BCUT2D eigenvalue weighted by Gasteiger charge is 2.34. The average molecular weight is 473 g/mol. The molecule has 6 aromatic rings. The fourth-order valence-corrected chi connectivity index (χ4v) is 5.07. The first kappa shape index (κ1) is 20.9. The monoisotopic (exact) mass is 472 g/mol. The Labute approximate surface area is 207 Å². The molecule has 176 valence electrons. The summed E-state index contributed by atoms with van der Waals surface area (Å²) in [7, 11) is 0. The largest absolute Gasteiger partial charge is 0.321 e. The molecule has 1 aliphatic rings. The van der Waals surface area contributed by atoms with Crippen LogP contribution in [-0.4, -0.2) is 34.3 Å². The van der Waals surface area contributed by atoms with Crippen LogP contribution in [0.5, 0.6) is 0 Å². The molecule has 1 fully saturated rings. The molecule has 0 unspecified atom stereocenters. The van der Waals surface area contributed by atoms with E-state index in [1.807, 2.05) is 22.7 Å². The second kappa shape index (κ2) is 8.07. The number of benzene rings is 2. The molecule has 4 heterocycles. The SMILES string of the molecule is NC1(c2ccc(-c3nc4ccn5c(Cn6cncn6)nnc5c4cc3-c3ccccc3)cc2)CCC1. The highest BCUT2D eigenvalue weighted by molar-refractivity contribution is 5.98. The van der Waals surface area contributed by atoms with Crippen molar-refractivity contribution >= 4 is 16.6 Å². The lowest BCUT2D eigenvalue weighted by molar-refractivity contribution is 0.253. The first-order chi connectivity index (χ1) is 17.7. The van der Waals surface area contributed by atoms with E-state index in [4.69, 9.17) is 10.7 Å². The van der Waals surface area contributed by atoms with Crippen LogP contribution in [0, 0.1) is 0 Å². The van der Waals surface area contributed by atoms with E-state index >= 15 is 0 Å². The molecule has 0 atom stereocenters. The maximum atomic E-state index is 6.57. The zero-order valence-electron chi connectivity index (χ0n) is 19.6. The molecular weight excluding hydrogens is 448 g/mol. The van der Waals surface area contributed by atoms with E-state index < -0.39 is 0 Å². The lowest BCUT2D eigenvalue weighted by atomic mass is 9.72. The van der Waals surface area contributed by atoms with Gasteiger partial charge >= 0.3 is 0 Å². The summed E-state index contributed by atoms with van der Waals surface area (Å²) in [6, 6.07) is 23.2. The molecule has 4 aromatic heterocycles. The van der Waals surface area contributed by atoms with Gasteiger partial charge in [0, 0.05) is 28.2 Å². The molecule has 8 heteroatoms. The zero-order valence-corrected chi connectivity index (χ0v) is 19.6. The summed E-state index contributed by atoms with van der Waals surface area (Å²) in [5.74, 6) is 0.782. The van der Waals surface area contributed by atoms with Crippen LogP contribution in [0.4, 0.5) is 0 Å². The van der Waals surface area contributed by atoms with Gasteiger partial charge in [0.25, 0.3) is 0 Å². The van der Waals surface area contributed by atoms with Gasteiger partial charge in [-0.05, 0) is 42.5 Å². The van der Waals surface area contributed by atoms with E-state index in [-0.39, 0.29) is 5.54 Å². The van der Waals surface area contributed by atoms with E-state index in [0.717, 1.165) is 57.6 Å². The van der Waals surface area contributed by atoms with Gasteiger partial charge in [-0.2, -0.15) is 5.10 Å². The van der Waals surface area contributed by atoms with Crippen LogP contribution in [0.3, 0.4) is 0 Å².